The number of anilines is 1. The van der Waals surface area contributed by atoms with Gasteiger partial charge >= 0.3 is 0 Å². The maximum absolute atomic E-state index is 6.15. The Hall–Kier alpha value is -1.77. The molecular weight excluding hydrogens is 210 g/mol. The van der Waals surface area contributed by atoms with Crippen LogP contribution >= 0.6 is 0 Å². The van der Waals surface area contributed by atoms with Gasteiger partial charge in [-0.05, 0) is 25.0 Å². The molecule has 3 heteroatoms. The molecule has 1 heterocycles. The Labute approximate surface area is 102 Å². The molecule has 2 N–H and O–H groups in total. The molecule has 0 aliphatic carbocycles. The van der Waals surface area contributed by atoms with Crippen molar-refractivity contribution in [1.29, 1.82) is 0 Å². The van der Waals surface area contributed by atoms with Crippen molar-refractivity contribution in [2.24, 2.45) is 7.05 Å². The van der Waals surface area contributed by atoms with E-state index in [4.69, 9.17) is 5.73 Å². The van der Waals surface area contributed by atoms with Crippen LogP contribution in [0, 0.1) is 13.8 Å². The third-order valence-electron chi connectivity index (χ3n) is 3.27. The van der Waals surface area contributed by atoms with E-state index in [2.05, 4.69) is 44.0 Å². The van der Waals surface area contributed by atoms with Crippen LogP contribution in [0.25, 0.3) is 11.3 Å². The fourth-order valence-electron chi connectivity index (χ4n) is 2.25. The van der Waals surface area contributed by atoms with E-state index < -0.39 is 0 Å². The van der Waals surface area contributed by atoms with E-state index in [-0.39, 0.29) is 0 Å². The molecule has 1 aromatic heterocycles. The predicted molar refractivity (Wildman–Crippen MR) is 71.9 cm³/mol. The fourth-order valence-corrected chi connectivity index (χ4v) is 2.25. The zero-order valence-corrected chi connectivity index (χ0v) is 10.9. The summed E-state index contributed by atoms with van der Waals surface area (Å²) in [5, 5.41) is 0. The quantitative estimate of drug-likeness (QED) is 0.860. The monoisotopic (exact) mass is 229 g/mol. The zero-order chi connectivity index (χ0) is 12.6. The van der Waals surface area contributed by atoms with E-state index in [1.54, 1.807) is 0 Å². The van der Waals surface area contributed by atoms with Crippen molar-refractivity contribution < 1.29 is 0 Å². The number of nitrogens with zero attached hydrogens (tertiary/aromatic N) is 2. The van der Waals surface area contributed by atoms with E-state index in [9.17, 15) is 0 Å². The summed E-state index contributed by atoms with van der Waals surface area (Å²) in [7, 11) is 1.97. The Kier molecular flexibility index (Phi) is 2.92. The normalized spacial score (nSPS) is 10.8. The van der Waals surface area contributed by atoms with Crippen molar-refractivity contribution in [2.75, 3.05) is 5.73 Å². The van der Waals surface area contributed by atoms with Crippen molar-refractivity contribution in [3.05, 3.63) is 35.2 Å². The summed E-state index contributed by atoms with van der Waals surface area (Å²) < 4.78 is 1.97. The van der Waals surface area contributed by atoms with Crippen molar-refractivity contribution in [3.8, 4) is 11.3 Å². The van der Waals surface area contributed by atoms with Gasteiger partial charge in [0.05, 0.1) is 0 Å². The SMILES string of the molecule is CCc1nc(-c2c(C)cccc2C)c(N)n1C. The zero-order valence-electron chi connectivity index (χ0n) is 10.9. The molecule has 0 saturated carbocycles. The van der Waals surface area contributed by atoms with E-state index in [1.165, 1.54) is 16.7 Å². The van der Waals surface area contributed by atoms with Gasteiger partial charge in [-0.1, -0.05) is 25.1 Å². The van der Waals surface area contributed by atoms with E-state index >= 15 is 0 Å². The second-order valence-corrected chi connectivity index (χ2v) is 4.44. The Morgan fingerprint density at radius 1 is 1.24 bits per heavy atom. The number of imidazole rings is 1. The lowest BCUT2D eigenvalue weighted by molar-refractivity contribution is 0.816. The Bertz CT molecular complexity index is 533. The predicted octanol–water partition coefficient (Wildman–Crippen LogP) is 2.85. The van der Waals surface area contributed by atoms with Crippen LogP contribution in [-0.2, 0) is 13.5 Å². The summed E-state index contributed by atoms with van der Waals surface area (Å²) >= 11 is 0. The van der Waals surface area contributed by atoms with Gasteiger partial charge in [0.25, 0.3) is 0 Å². The molecule has 1 aromatic carbocycles. The molecule has 2 rings (SSSR count). The molecule has 0 amide bonds. The maximum atomic E-state index is 6.15. The highest BCUT2D eigenvalue weighted by Gasteiger charge is 2.15. The summed E-state index contributed by atoms with van der Waals surface area (Å²) in [5.74, 6) is 1.78. The van der Waals surface area contributed by atoms with Crippen LogP contribution in [0.5, 0.6) is 0 Å². The number of hydrogen-bond donors (Lipinski definition) is 1. The highest BCUT2D eigenvalue weighted by atomic mass is 15.1. The maximum Gasteiger partial charge on any atom is 0.131 e. The first kappa shape index (κ1) is 11.7. The summed E-state index contributed by atoms with van der Waals surface area (Å²) in [6, 6.07) is 6.26. The molecule has 0 aliphatic heterocycles. The van der Waals surface area contributed by atoms with Gasteiger partial charge in [-0.2, -0.15) is 0 Å². The molecule has 0 bridgehead atoms. The minimum absolute atomic E-state index is 0.749. The number of hydrogen-bond acceptors (Lipinski definition) is 2. The standard InChI is InChI=1S/C14H19N3/c1-5-11-16-13(14(15)17(11)4)12-9(2)7-6-8-10(12)3/h6-8H,5,15H2,1-4H3. The lowest BCUT2D eigenvalue weighted by Crippen LogP contribution is -2.00. The summed E-state index contributed by atoms with van der Waals surface area (Å²) in [4.78, 5) is 4.66. The average Bonchev–Trinajstić information content (AvgIpc) is 2.57. The number of benzene rings is 1. The fraction of sp³-hybridized carbons (Fsp3) is 0.357. The topological polar surface area (TPSA) is 43.8 Å². The number of nitrogen functional groups attached to an aromatic ring is 1. The van der Waals surface area contributed by atoms with Crippen LogP contribution in [0.15, 0.2) is 18.2 Å². The average molecular weight is 229 g/mol. The molecule has 0 unspecified atom stereocenters. The van der Waals surface area contributed by atoms with Crippen molar-refractivity contribution in [2.45, 2.75) is 27.2 Å². The van der Waals surface area contributed by atoms with Crippen molar-refractivity contribution >= 4 is 5.82 Å². The van der Waals surface area contributed by atoms with Gasteiger partial charge in [-0.25, -0.2) is 4.98 Å². The largest absolute Gasteiger partial charge is 0.383 e. The van der Waals surface area contributed by atoms with Crippen LogP contribution in [0.4, 0.5) is 5.82 Å². The van der Waals surface area contributed by atoms with Crippen LogP contribution in [-0.4, -0.2) is 9.55 Å². The highest BCUT2D eigenvalue weighted by molar-refractivity contribution is 5.76. The van der Waals surface area contributed by atoms with Crippen LogP contribution in [0.2, 0.25) is 0 Å². The molecule has 0 spiro atoms. The second kappa shape index (κ2) is 4.24. The first-order valence-electron chi connectivity index (χ1n) is 5.93. The van der Waals surface area contributed by atoms with Crippen LogP contribution < -0.4 is 5.73 Å². The molecule has 2 aromatic rings. The van der Waals surface area contributed by atoms with Gasteiger partial charge in [0.2, 0.25) is 0 Å². The molecule has 17 heavy (non-hydrogen) atoms. The van der Waals surface area contributed by atoms with Gasteiger partial charge in [-0.3, -0.25) is 0 Å². The molecule has 0 atom stereocenters. The first-order chi connectivity index (χ1) is 8.06. The number of rotatable bonds is 2. The molecular formula is C14H19N3. The van der Waals surface area contributed by atoms with Gasteiger partial charge in [-0.15, -0.1) is 0 Å². The van der Waals surface area contributed by atoms with E-state index in [0.717, 1.165) is 23.8 Å². The smallest absolute Gasteiger partial charge is 0.131 e. The number of nitrogens with two attached hydrogens (primary N) is 1. The molecule has 0 saturated heterocycles. The molecule has 0 aliphatic rings. The molecule has 3 nitrogen and oxygen atoms in total. The Balaban J connectivity index is 2.69. The molecule has 0 fully saturated rings. The number of aryl methyl sites for hydroxylation is 3. The third-order valence-corrected chi connectivity index (χ3v) is 3.27. The van der Waals surface area contributed by atoms with Gasteiger partial charge < -0.3 is 10.3 Å². The molecule has 90 valence electrons. The summed E-state index contributed by atoms with van der Waals surface area (Å²) in [6.07, 6.45) is 0.894. The number of aromatic nitrogens is 2. The second-order valence-electron chi connectivity index (χ2n) is 4.44. The van der Waals surface area contributed by atoms with E-state index in [1.807, 2.05) is 11.6 Å². The Morgan fingerprint density at radius 3 is 2.29 bits per heavy atom. The van der Waals surface area contributed by atoms with Crippen molar-refractivity contribution in [3.63, 3.8) is 0 Å². The first-order valence-corrected chi connectivity index (χ1v) is 5.93. The lowest BCUT2D eigenvalue weighted by Gasteiger charge is -2.08. The van der Waals surface area contributed by atoms with E-state index in [0.29, 0.717) is 0 Å². The van der Waals surface area contributed by atoms with Crippen LogP contribution in [0.3, 0.4) is 0 Å². The summed E-state index contributed by atoms with van der Waals surface area (Å²) in [5.41, 5.74) is 10.7. The van der Waals surface area contributed by atoms with Crippen LogP contribution in [0.1, 0.15) is 23.9 Å². The van der Waals surface area contributed by atoms with Gasteiger partial charge in [0.1, 0.15) is 17.3 Å². The highest BCUT2D eigenvalue weighted by Crippen LogP contribution is 2.31. The van der Waals surface area contributed by atoms with Gasteiger partial charge in [0, 0.05) is 19.0 Å². The minimum Gasteiger partial charge on any atom is -0.383 e. The third kappa shape index (κ3) is 1.82. The minimum atomic E-state index is 0.749. The lowest BCUT2D eigenvalue weighted by atomic mass is 10.0. The molecule has 0 radical (unpaired) electrons. The van der Waals surface area contributed by atoms with Crippen molar-refractivity contribution in [1.82, 2.24) is 9.55 Å². The summed E-state index contributed by atoms with van der Waals surface area (Å²) in [6.45, 7) is 6.29. The Morgan fingerprint density at radius 2 is 1.82 bits per heavy atom. The van der Waals surface area contributed by atoms with Gasteiger partial charge in [0.15, 0.2) is 0 Å².